The van der Waals surface area contributed by atoms with Crippen LogP contribution in [0.4, 0.5) is 5.69 Å². The SMILES string of the molecule is CC(=O)NC(c1ccc(/C=C/C(=O)NO)cc1)c1ccc(N(C)C)cc1. The van der Waals surface area contributed by atoms with Crippen molar-refractivity contribution in [2.75, 3.05) is 19.0 Å². The van der Waals surface area contributed by atoms with E-state index in [0.717, 1.165) is 22.4 Å². The molecule has 0 saturated carbocycles. The molecule has 0 heterocycles. The fourth-order valence-corrected chi connectivity index (χ4v) is 2.54. The maximum Gasteiger partial charge on any atom is 0.267 e. The van der Waals surface area contributed by atoms with Crippen molar-refractivity contribution in [2.24, 2.45) is 0 Å². The summed E-state index contributed by atoms with van der Waals surface area (Å²) >= 11 is 0. The van der Waals surface area contributed by atoms with Crippen LogP contribution in [0.1, 0.15) is 29.7 Å². The third-order valence-electron chi connectivity index (χ3n) is 3.90. The molecule has 0 fully saturated rings. The van der Waals surface area contributed by atoms with Gasteiger partial charge in [-0.25, -0.2) is 5.48 Å². The number of hydroxylamine groups is 1. The first kappa shape index (κ1) is 19.2. The van der Waals surface area contributed by atoms with Crippen LogP contribution < -0.4 is 15.7 Å². The number of nitrogens with one attached hydrogen (secondary N) is 2. The Balaban J connectivity index is 2.27. The lowest BCUT2D eigenvalue weighted by Gasteiger charge is -2.20. The summed E-state index contributed by atoms with van der Waals surface area (Å²) in [5, 5.41) is 11.5. The van der Waals surface area contributed by atoms with Gasteiger partial charge in [0, 0.05) is 32.8 Å². The molecule has 0 spiro atoms. The second-order valence-corrected chi connectivity index (χ2v) is 6.10. The molecular formula is C20H23N3O3. The van der Waals surface area contributed by atoms with Crippen LogP contribution in [0.2, 0.25) is 0 Å². The van der Waals surface area contributed by atoms with Crippen molar-refractivity contribution >= 4 is 23.6 Å². The van der Waals surface area contributed by atoms with Crippen molar-refractivity contribution in [1.29, 1.82) is 0 Å². The van der Waals surface area contributed by atoms with Crippen molar-refractivity contribution in [2.45, 2.75) is 13.0 Å². The minimum Gasteiger partial charge on any atom is -0.378 e. The predicted octanol–water partition coefficient (Wildman–Crippen LogP) is 2.50. The zero-order valence-corrected chi connectivity index (χ0v) is 15.1. The lowest BCUT2D eigenvalue weighted by Crippen LogP contribution is -2.26. The normalized spacial score (nSPS) is 11.8. The topological polar surface area (TPSA) is 81.7 Å². The van der Waals surface area contributed by atoms with Gasteiger partial charge in [0.2, 0.25) is 5.91 Å². The molecule has 0 aliphatic carbocycles. The molecular weight excluding hydrogens is 330 g/mol. The molecule has 26 heavy (non-hydrogen) atoms. The minimum atomic E-state index is -0.591. The Labute approximate surface area is 153 Å². The van der Waals surface area contributed by atoms with Gasteiger partial charge in [-0.3, -0.25) is 14.8 Å². The summed E-state index contributed by atoms with van der Waals surface area (Å²) in [5.74, 6) is -0.707. The average Bonchev–Trinajstić information content (AvgIpc) is 2.64. The van der Waals surface area contributed by atoms with Crippen LogP contribution in [-0.4, -0.2) is 31.1 Å². The van der Waals surface area contributed by atoms with Gasteiger partial charge in [0.15, 0.2) is 0 Å². The number of nitrogens with zero attached hydrogens (tertiary/aromatic N) is 1. The Morgan fingerprint density at radius 1 is 1.00 bits per heavy atom. The van der Waals surface area contributed by atoms with Crippen LogP contribution in [0, 0.1) is 0 Å². The van der Waals surface area contributed by atoms with Crippen molar-refractivity contribution in [3.8, 4) is 0 Å². The highest BCUT2D eigenvalue weighted by Crippen LogP contribution is 2.25. The van der Waals surface area contributed by atoms with E-state index in [1.165, 1.54) is 13.0 Å². The summed E-state index contributed by atoms with van der Waals surface area (Å²) in [5.41, 5.74) is 5.34. The predicted molar refractivity (Wildman–Crippen MR) is 102 cm³/mol. The zero-order valence-electron chi connectivity index (χ0n) is 15.1. The second kappa shape index (κ2) is 8.82. The molecule has 1 unspecified atom stereocenters. The molecule has 2 aromatic carbocycles. The van der Waals surface area contributed by atoms with E-state index in [-0.39, 0.29) is 11.9 Å². The van der Waals surface area contributed by atoms with Gasteiger partial charge in [-0.15, -0.1) is 0 Å². The summed E-state index contributed by atoms with van der Waals surface area (Å²) < 4.78 is 0. The molecule has 0 aliphatic rings. The summed E-state index contributed by atoms with van der Waals surface area (Å²) in [4.78, 5) is 24.7. The van der Waals surface area contributed by atoms with Gasteiger partial charge in [0.05, 0.1) is 6.04 Å². The molecule has 0 bridgehead atoms. The Kier molecular flexibility index (Phi) is 6.52. The van der Waals surface area contributed by atoms with Crippen molar-refractivity contribution in [1.82, 2.24) is 10.8 Å². The number of carbonyl (C=O) groups is 2. The van der Waals surface area contributed by atoms with Crippen LogP contribution in [0.25, 0.3) is 6.08 Å². The van der Waals surface area contributed by atoms with Gasteiger partial charge < -0.3 is 10.2 Å². The van der Waals surface area contributed by atoms with Gasteiger partial charge in [-0.05, 0) is 34.9 Å². The molecule has 3 N–H and O–H groups in total. The quantitative estimate of drug-likeness (QED) is 0.423. The molecule has 6 nitrogen and oxygen atoms in total. The number of hydrogen-bond acceptors (Lipinski definition) is 4. The van der Waals surface area contributed by atoms with Crippen molar-refractivity contribution < 1.29 is 14.8 Å². The molecule has 0 aromatic heterocycles. The standard InChI is InChI=1S/C20H23N3O3/c1-14(24)21-20(17-9-11-18(12-10-17)23(2)3)16-7-4-15(5-8-16)6-13-19(25)22-26/h4-13,20,26H,1-3H3,(H,21,24)(H,22,25)/b13-6+. The third kappa shape index (κ3) is 5.19. The Hall–Kier alpha value is -3.12. The summed E-state index contributed by atoms with van der Waals surface area (Å²) in [6, 6.07) is 15.2. The highest BCUT2D eigenvalue weighted by Gasteiger charge is 2.15. The number of carbonyl (C=O) groups excluding carboxylic acids is 2. The zero-order chi connectivity index (χ0) is 19.1. The monoisotopic (exact) mass is 353 g/mol. The van der Waals surface area contributed by atoms with E-state index < -0.39 is 5.91 Å². The number of amides is 2. The van der Waals surface area contributed by atoms with Gasteiger partial charge in [0.25, 0.3) is 5.91 Å². The molecule has 2 rings (SSSR count). The van der Waals surface area contributed by atoms with Crippen LogP contribution >= 0.6 is 0 Å². The first-order valence-electron chi connectivity index (χ1n) is 8.17. The van der Waals surface area contributed by atoms with E-state index in [9.17, 15) is 9.59 Å². The van der Waals surface area contributed by atoms with E-state index in [1.54, 1.807) is 11.6 Å². The molecule has 6 heteroatoms. The van der Waals surface area contributed by atoms with E-state index in [1.807, 2.05) is 67.5 Å². The molecule has 0 aliphatic heterocycles. The molecule has 136 valence electrons. The molecule has 2 amide bonds. The third-order valence-corrected chi connectivity index (χ3v) is 3.90. The highest BCUT2D eigenvalue weighted by atomic mass is 16.5. The first-order valence-corrected chi connectivity index (χ1v) is 8.17. The molecule has 0 saturated heterocycles. The van der Waals surface area contributed by atoms with Gasteiger partial charge >= 0.3 is 0 Å². The lowest BCUT2D eigenvalue weighted by atomic mass is 9.97. The van der Waals surface area contributed by atoms with Gasteiger partial charge in [-0.2, -0.15) is 0 Å². The number of anilines is 1. The van der Waals surface area contributed by atoms with E-state index in [0.29, 0.717) is 0 Å². The van der Waals surface area contributed by atoms with E-state index in [4.69, 9.17) is 5.21 Å². The fraction of sp³-hybridized carbons (Fsp3) is 0.200. The Morgan fingerprint density at radius 3 is 2.00 bits per heavy atom. The largest absolute Gasteiger partial charge is 0.378 e. The van der Waals surface area contributed by atoms with Crippen LogP contribution in [0.3, 0.4) is 0 Å². The second-order valence-electron chi connectivity index (χ2n) is 6.10. The smallest absolute Gasteiger partial charge is 0.267 e. The van der Waals surface area contributed by atoms with Crippen LogP contribution in [0.5, 0.6) is 0 Å². The highest BCUT2D eigenvalue weighted by molar-refractivity contribution is 5.90. The first-order chi connectivity index (χ1) is 12.4. The van der Waals surface area contributed by atoms with Gasteiger partial charge in [0.1, 0.15) is 0 Å². The Morgan fingerprint density at radius 2 is 1.54 bits per heavy atom. The van der Waals surface area contributed by atoms with Crippen LogP contribution in [0.15, 0.2) is 54.6 Å². The summed E-state index contributed by atoms with van der Waals surface area (Å²) in [6.07, 6.45) is 2.83. The van der Waals surface area contributed by atoms with Gasteiger partial charge in [-0.1, -0.05) is 36.4 Å². The fourth-order valence-electron chi connectivity index (χ4n) is 2.54. The average molecular weight is 353 g/mol. The maximum absolute atomic E-state index is 11.7. The number of rotatable bonds is 6. The van der Waals surface area contributed by atoms with Crippen molar-refractivity contribution in [3.05, 3.63) is 71.3 Å². The maximum atomic E-state index is 11.7. The molecule has 1 atom stereocenters. The summed E-state index contributed by atoms with van der Waals surface area (Å²) in [7, 11) is 3.95. The minimum absolute atomic E-state index is 0.115. The lowest BCUT2D eigenvalue weighted by molar-refractivity contribution is -0.124. The Bertz CT molecular complexity index is 781. The van der Waals surface area contributed by atoms with E-state index in [2.05, 4.69) is 5.32 Å². The molecule has 0 radical (unpaired) electrons. The number of benzene rings is 2. The molecule has 2 aromatic rings. The van der Waals surface area contributed by atoms with Crippen molar-refractivity contribution in [3.63, 3.8) is 0 Å². The van der Waals surface area contributed by atoms with Crippen LogP contribution in [-0.2, 0) is 9.59 Å². The van der Waals surface area contributed by atoms with E-state index >= 15 is 0 Å². The summed E-state index contributed by atoms with van der Waals surface area (Å²) in [6.45, 7) is 1.49. The number of hydrogen-bond donors (Lipinski definition) is 3.